The lowest BCUT2D eigenvalue weighted by Gasteiger charge is -2.26. The molecule has 2 aromatic carbocycles. The van der Waals surface area contributed by atoms with Gasteiger partial charge in [-0.2, -0.15) is 0 Å². The first-order valence-electron chi connectivity index (χ1n) is 11.2. The van der Waals surface area contributed by atoms with E-state index in [1.165, 1.54) is 6.92 Å². The fraction of sp³-hybridized carbons (Fsp3) is 0.308. The van der Waals surface area contributed by atoms with E-state index in [0.717, 1.165) is 29.7 Å². The lowest BCUT2D eigenvalue weighted by atomic mass is 9.98. The molecule has 1 aliphatic heterocycles. The number of benzene rings is 2. The molecular formula is C26H29N5O2. The van der Waals surface area contributed by atoms with Crippen molar-refractivity contribution in [1.82, 2.24) is 19.8 Å². The van der Waals surface area contributed by atoms with Crippen LogP contribution in [0.25, 0.3) is 11.1 Å². The number of nitrogens with one attached hydrogen (secondary N) is 1. The van der Waals surface area contributed by atoms with Gasteiger partial charge in [0.2, 0.25) is 5.91 Å². The van der Waals surface area contributed by atoms with Gasteiger partial charge < -0.3 is 15.1 Å². The zero-order valence-corrected chi connectivity index (χ0v) is 19.3. The van der Waals surface area contributed by atoms with Crippen LogP contribution in [-0.4, -0.2) is 52.2 Å². The summed E-state index contributed by atoms with van der Waals surface area (Å²) in [5, 5.41) is 3.08. The van der Waals surface area contributed by atoms with Gasteiger partial charge in [0.25, 0.3) is 5.91 Å². The predicted molar refractivity (Wildman–Crippen MR) is 129 cm³/mol. The number of nitrogens with zero attached hydrogens (tertiary/aromatic N) is 4. The zero-order chi connectivity index (χ0) is 23.4. The molecule has 2 heterocycles. The number of aromatic nitrogens is 2. The Morgan fingerprint density at radius 2 is 1.82 bits per heavy atom. The predicted octanol–water partition coefficient (Wildman–Crippen LogP) is 4.14. The van der Waals surface area contributed by atoms with E-state index in [-0.39, 0.29) is 17.9 Å². The lowest BCUT2D eigenvalue weighted by molar-refractivity contribution is -0.128. The molecule has 1 aromatic heterocycles. The molecular weight excluding hydrogens is 414 g/mol. The van der Waals surface area contributed by atoms with Crippen LogP contribution < -0.4 is 5.32 Å². The first-order valence-corrected chi connectivity index (χ1v) is 11.2. The Morgan fingerprint density at radius 1 is 1.09 bits per heavy atom. The molecule has 0 spiro atoms. The van der Waals surface area contributed by atoms with E-state index in [2.05, 4.69) is 10.3 Å². The Balaban J connectivity index is 1.67. The van der Waals surface area contributed by atoms with Gasteiger partial charge in [-0.1, -0.05) is 48.5 Å². The number of hydrogen-bond donors (Lipinski definition) is 1. The fourth-order valence-corrected chi connectivity index (χ4v) is 4.20. The second-order valence-electron chi connectivity index (χ2n) is 8.30. The number of hydrogen-bond acceptors (Lipinski definition) is 5. The Bertz CT molecular complexity index is 1150. The fourth-order valence-electron chi connectivity index (χ4n) is 4.20. The zero-order valence-electron chi connectivity index (χ0n) is 19.3. The van der Waals surface area contributed by atoms with Crippen molar-refractivity contribution in [2.24, 2.45) is 0 Å². The second-order valence-corrected chi connectivity index (χ2v) is 8.30. The molecule has 1 atom stereocenters. The maximum atomic E-state index is 13.7. The van der Waals surface area contributed by atoms with Gasteiger partial charge in [0, 0.05) is 39.2 Å². The Labute approximate surface area is 194 Å². The second kappa shape index (κ2) is 9.81. The van der Waals surface area contributed by atoms with Crippen molar-refractivity contribution in [1.29, 1.82) is 0 Å². The molecule has 0 radical (unpaired) electrons. The molecule has 0 aliphatic carbocycles. The minimum absolute atomic E-state index is 0.0159. The summed E-state index contributed by atoms with van der Waals surface area (Å²) in [6.07, 6.45) is 1.69. The third-order valence-corrected chi connectivity index (χ3v) is 6.04. The molecule has 3 aromatic rings. The number of carbonyl (C=O) groups excluding carboxylic acids is 2. The number of carbonyl (C=O) groups is 2. The molecule has 4 rings (SSSR count). The molecule has 1 fully saturated rings. The first-order chi connectivity index (χ1) is 16.0. The van der Waals surface area contributed by atoms with E-state index >= 15 is 0 Å². The van der Waals surface area contributed by atoms with Gasteiger partial charge in [-0.3, -0.25) is 9.59 Å². The van der Waals surface area contributed by atoms with Crippen molar-refractivity contribution in [3.05, 3.63) is 77.7 Å². The van der Waals surface area contributed by atoms with Gasteiger partial charge >= 0.3 is 0 Å². The average Bonchev–Trinajstić information content (AvgIpc) is 3.34. The van der Waals surface area contributed by atoms with Gasteiger partial charge in [0.1, 0.15) is 5.82 Å². The number of anilines is 1. The standard InChI is InChI=1S/C26H29N5O2/c1-18(32)30(3)17-20-16-24(27-2)29-25(28-20)23-14-9-15-31(23)26(33)22-13-8-7-12-21(22)19-10-5-4-6-11-19/h4-8,10-13,16,23H,9,14-15,17H2,1-3H3,(H,27,28,29). The molecule has 7 nitrogen and oxygen atoms in total. The van der Waals surface area contributed by atoms with E-state index in [0.29, 0.717) is 30.3 Å². The van der Waals surface area contributed by atoms with Crippen LogP contribution in [0.5, 0.6) is 0 Å². The van der Waals surface area contributed by atoms with Crippen molar-refractivity contribution in [2.75, 3.05) is 26.0 Å². The highest BCUT2D eigenvalue weighted by Crippen LogP contribution is 2.34. The summed E-state index contributed by atoms with van der Waals surface area (Å²) >= 11 is 0. The summed E-state index contributed by atoms with van der Waals surface area (Å²) in [4.78, 5) is 38.4. The molecule has 1 unspecified atom stereocenters. The van der Waals surface area contributed by atoms with Crippen molar-refractivity contribution in [3.63, 3.8) is 0 Å². The van der Waals surface area contributed by atoms with Crippen molar-refractivity contribution in [3.8, 4) is 11.1 Å². The summed E-state index contributed by atoms with van der Waals surface area (Å²) in [6, 6.07) is 19.3. The van der Waals surface area contributed by atoms with Gasteiger partial charge in [-0.05, 0) is 30.0 Å². The average molecular weight is 444 g/mol. The largest absolute Gasteiger partial charge is 0.373 e. The third kappa shape index (κ3) is 4.87. The van der Waals surface area contributed by atoms with Crippen LogP contribution in [0.15, 0.2) is 60.7 Å². The summed E-state index contributed by atoms with van der Waals surface area (Å²) in [5.41, 5.74) is 3.35. The van der Waals surface area contributed by atoms with Crippen LogP contribution in [0.3, 0.4) is 0 Å². The van der Waals surface area contributed by atoms with Crippen molar-refractivity contribution in [2.45, 2.75) is 32.4 Å². The number of amides is 2. The minimum atomic E-state index is -0.212. The summed E-state index contributed by atoms with van der Waals surface area (Å²) in [6.45, 7) is 2.57. The minimum Gasteiger partial charge on any atom is -0.373 e. The van der Waals surface area contributed by atoms with Gasteiger partial charge in [-0.15, -0.1) is 0 Å². The van der Waals surface area contributed by atoms with Crippen LogP contribution in [0.4, 0.5) is 5.82 Å². The lowest BCUT2D eigenvalue weighted by Crippen LogP contribution is -2.32. The SMILES string of the molecule is CNc1cc(CN(C)C(C)=O)nc(C2CCCN2C(=O)c2ccccc2-c2ccccc2)n1. The molecule has 1 aliphatic rings. The molecule has 170 valence electrons. The van der Waals surface area contributed by atoms with E-state index in [4.69, 9.17) is 4.98 Å². The Kier molecular flexibility index (Phi) is 6.68. The highest BCUT2D eigenvalue weighted by atomic mass is 16.2. The normalized spacial score (nSPS) is 15.4. The van der Waals surface area contributed by atoms with Gasteiger partial charge in [-0.25, -0.2) is 9.97 Å². The van der Waals surface area contributed by atoms with E-state index < -0.39 is 0 Å². The quantitative estimate of drug-likeness (QED) is 0.619. The summed E-state index contributed by atoms with van der Waals surface area (Å²) in [5.74, 6) is 1.24. The maximum absolute atomic E-state index is 13.7. The highest BCUT2D eigenvalue weighted by Gasteiger charge is 2.34. The third-order valence-electron chi connectivity index (χ3n) is 6.04. The van der Waals surface area contributed by atoms with Gasteiger partial charge in [0.05, 0.1) is 18.3 Å². The van der Waals surface area contributed by atoms with Crippen LogP contribution in [-0.2, 0) is 11.3 Å². The topological polar surface area (TPSA) is 78.4 Å². The molecule has 7 heteroatoms. The summed E-state index contributed by atoms with van der Waals surface area (Å²) < 4.78 is 0. The number of rotatable bonds is 6. The van der Waals surface area contributed by atoms with Crippen molar-refractivity contribution >= 4 is 17.6 Å². The molecule has 1 N–H and O–H groups in total. The first kappa shape index (κ1) is 22.5. The Hall–Kier alpha value is -3.74. The number of likely N-dealkylation sites (tertiary alicyclic amines) is 1. The van der Waals surface area contributed by atoms with Crippen LogP contribution >= 0.6 is 0 Å². The van der Waals surface area contributed by atoms with E-state index in [9.17, 15) is 9.59 Å². The molecule has 0 saturated carbocycles. The molecule has 2 amide bonds. The molecule has 33 heavy (non-hydrogen) atoms. The van der Waals surface area contributed by atoms with Crippen LogP contribution in [0.2, 0.25) is 0 Å². The highest BCUT2D eigenvalue weighted by molar-refractivity contribution is 6.01. The van der Waals surface area contributed by atoms with Crippen molar-refractivity contribution < 1.29 is 9.59 Å². The maximum Gasteiger partial charge on any atom is 0.255 e. The van der Waals surface area contributed by atoms with Gasteiger partial charge in [0.15, 0.2) is 5.82 Å². The Morgan fingerprint density at radius 3 is 2.55 bits per heavy atom. The summed E-state index contributed by atoms with van der Waals surface area (Å²) in [7, 11) is 3.55. The molecule has 0 bridgehead atoms. The van der Waals surface area contributed by atoms with Crippen LogP contribution in [0, 0.1) is 0 Å². The molecule has 1 saturated heterocycles. The van der Waals surface area contributed by atoms with E-state index in [1.807, 2.05) is 65.6 Å². The van der Waals surface area contributed by atoms with E-state index in [1.54, 1.807) is 19.0 Å². The monoisotopic (exact) mass is 443 g/mol. The van der Waals surface area contributed by atoms with Crippen LogP contribution in [0.1, 0.15) is 47.7 Å². The smallest absolute Gasteiger partial charge is 0.255 e.